The molecule has 0 bridgehead atoms. The average molecular weight is 326 g/mol. The van der Waals surface area contributed by atoms with Crippen molar-refractivity contribution in [2.24, 2.45) is 11.8 Å². The smallest absolute Gasteiger partial charge is 0.309 e. The van der Waals surface area contributed by atoms with Crippen LogP contribution in [0.5, 0.6) is 0 Å². The Morgan fingerprint density at radius 2 is 2.04 bits per heavy atom. The number of aliphatic hydroxyl groups excluding tert-OH is 1. The molecule has 0 aliphatic carbocycles. The van der Waals surface area contributed by atoms with Gasteiger partial charge in [-0.05, 0) is 26.7 Å². The van der Waals surface area contributed by atoms with Crippen molar-refractivity contribution in [3.05, 3.63) is 12.2 Å². The van der Waals surface area contributed by atoms with E-state index in [1.54, 1.807) is 32.9 Å². The molecular formula is C16H26N2O5. The third-order valence-corrected chi connectivity index (χ3v) is 3.61. The van der Waals surface area contributed by atoms with E-state index < -0.39 is 29.9 Å². The van der Waals surface area contributed by atoms with Crippen LogP contribution in [0.3, 0.4) is 0 Å². The second-order valence-electron chi connectivity index (χ2n) is 5.98. The molecule has 1 heterocycles. The van der Waals surface area contributed by atoms with E-state index in [1.807, 2.05) is 0 Å². The first-order valence-corrected chi connectivity index (χ1v) is 7.89. The molecule has 0 aromatic heterocycles. The zero-order valence-corrected chi connectivity index (χ0v) is 13.9. The number of nitrogens with one attached hydrogen (secondary N) is 2. The highest BCUT2D eigenvalue weighted by atomic mass is 16.5. The van der Waals surface area contributed by atoms with Crippen molar-refractivity contribution in [2.75, 3.05) is 13.2 Å². The van der Waals surface area contributed by atoms with Crippen LogP contribution in [0.4, 0.5) is 0 Å². The summed E-state index contributed by atoms with van der Waals surface area (Å²) in [6, 6.07) is -0.416. The zero-order chi connectivity index (χ0) is 17.4. The lowest BCUT2D eigenvalue weighted by Gasteiger charge is -2.21. The first-order chi connectivity index (χ1) is 10.8. The Balaban J connectivity index is 2.83. The molecule has 4 atom stereocenters. The number of hydrogen-bond acceptors (Lipinski definition) is 5. The van der Waals surface area contributed by atoms with Gasteiger partial charge in [-0.2, -0.15) is 0 Å². The van der Waals surface area contributed by atoms with Gasteiger partial charge in [0.25, 0.3) is 0 Å². The number of cyclic esters (lactones) is 1. The summed E-state index contributed by atoms with van der Waals surface area (Å²) in [5.41, 5.74) is 0. The van der Waals surface area contributed by atoms with Crippen LogP contribution in [-0.4, -0.2) is 48.2 Å². The highest BCUT2D eigenvalue weighted by Crippen LogP contribution is 2.12. The number of ether oxygens (including phenoxy) is 1. The summed E-state index contributed by atoms with van der Waals surface area (Å²) in [7, 11) is 0. The van der Waals surface area contributed by atoms with Crippen molar-refractivity contribution >= 4 is 17.8 Å². The monoisotopic (exact) mass is 326 g/mol. The quantitative estimate of drug-likeness (QED) is 0.388. The van der Waals surface area contributed by atoms with Crippen molar-refractivity contribution in [3.63, 3.8) is 0 Å². The summed E-state index contributed by atoms with van der Waals surface area (Å²) in [6.45, 7) is 5.08. The third kappa shape index (κ3) is 6.40. The molecule has 3 unspecified atom stereocenters. The maximum atomic E-state index is 12.2. The van der Waals surface area contributed by atoms with Crippen molar-refractivity contribution in [3.8, 4) is 0 Å². The Labute approximate surface area is 136 Å². The number of allylic oxidation sites excluding steroid dienone is 2. The standard InChI is InChI=1S/C16H26N2O5/c1-10-6-4-5-7-13(15(21)18-11(2)9-19)14(20)17-8-12(3)23-16(10)22/h4-5,10-13,19H,6-9H2,1-3H3,(H,17,20)(H,18,21)/t10?,11-,12?,13?/m0/s1. The molecule has 0 spiro atoms. The van der Waals surface area contributed by atoms with E-state index in [-0.39, 0.29) is 31.5 Å². The van der Waals surface area contributed by atoms with Gasteiger partial charge in [0.2, 0.25) is 11.8 Å². The van der Waals surface area contributed by atoms with Gasteiger partial charge in [0.1, 0.15) is 12.0 Å². The third-order valence-electron chi connectivity index (χ3n) is 3.61. The minimum Gasteiger partial charge on any atom is -0.461 e. The van der Waals surface area contributed by atoms with Gasteiger partial charge in [0, 0.05) is 6.04 Å². The Morgan fingerprint density at radius 1 is 1.39 bits per heavy atom. The maximum absolute atomic E-state index is 12.2. The molecule has 130 valence electrons. The summed E-state index contributed by atoms with van der Waals surface area (Å²) in [5, 5.41) is 14.2. The van der Waals surface area contributed by atoms with Crippen LogP contribution in [0, 0.1) is 11.8 Å². The molecule has 1 rings (SSSR count). The Hall–Kier alpha value is -1.89. The molecule has 0 aromatic carbocycles. The molecule has 0 aromatic rings. The summed E-state index contributed by atoms with van der Waals surface area (Å²) in [4.78, 5) is 36.2. The SMILES string of the molecule is CC1CNC(=O)C(C(=O)N[C@@H](C)CO)CC=CCC(C)C(=O)O1. The first-order valence-electron chi connectivity index (χ1n) is 7.89. The van der Waals surface area contributed by atoms with Gasteiger partial charge in [-0.1, -0.05) is 19.1 Å². The van der Waals surface area contributed by atoms with Gasteiger partial charge in [-0.25, -0.2) is 0 Å². The molecule has 23 heavy (non-hydrogen) atoms. The van der Waals surface area contributed by atoms with E-state index >= 15 is 0 Å². The van der Waals surface area contributed by atoms with Crippen LogP contribution in [0.25, 0.3) is 0 Å². The number of carbonyl (C=O) groups excluding carboxylic acids is 3. The van der Waals surface area contributed by atoms with Gasteiger partial charge in [-0.3, -0.25) is 14.4 Å². The summed E-state index contributed by atoms with van der Waals surface area (Å²) < 4.78 is 5.24. The molecule has 2 amide bonds. The zero-order valence-electron chi connectivity index (χ0n) is 13.9. The lowest BCUT2D eigenvalue weighted by molar-refractivity contribution is -0.153. The molecule has 1 aliphatic rings. The Morgan fingerprint density at radius 3 is 2.70 bits per heavy atom. The molecule has 0 fully saturated rings. The second-order valence-corrected chi connectivity index (χ2v) is 5.98. The first kappa shape index (κ1) is 19.2. The Bertz CT molecular complexity index is 463. The van der Waals surface area contributed by atoms with E-state index in [0.717, 1.165) is 0 Å². The lowest BCUT2D eigenvalue weighted by atomic mass is 10.0. The van der Waals surface area contributed by atoms with Gasteiger partial charge < -0.3 is 20.5 Å². The fourth-order valence-corrected chi connectivity index (χ4v) is 2.07. The van der Waals surface area contributed by atoms with E-state index in [9.17, 15) is 14.4 Å². The predicted octanol–water partition coefficient (Wildman–Crippen LogP) is 0.134. The largest absolute Gasteiger partial charge is 0.461 e. The molecule has 0 saturated carbocycles. The number of aliphatic hydroxyl groups is 1. The van der Waals surface area contributed by atoms with E-state index in [0.29, 0.717) is 6.42 Å². The van der Waals surface area contributed by atoms with Gasteiger partial charge in [-0.15, -0.1) is 0 Å². The summed E-state index contributed by atoms with van der Waals surface area (Å²) in [5.74, 6) is -2.30. The van der Waals surface area contributed by atoms with E-state index in [1.165, 1.54) is 0 Å². The fourth-order valence-electron chi connectivity index (χ4n) is 2.07. The molecule has 0 radical (unpaired) electrons. The van der Waals surface area contributed by atoms with Crippen LogP contribution >= 0.6 is 0 Å². The Kier molecular flexibility index (Phi) is 7.74. The van der Waals surface area contributed by atoms with Crippen molar-refractivity contribution in [1.29, 1.82) is 0 Å². The number of rotatable bonds is 3. The van der Waals surface area contributed by atoms with Gasteiger partial charge >= 0.3 is 5.97 Å². The topological polar surface area (TPSA) is 105 Å². The molecule has 0 saturated heterocycles. The van der Waals surface area contributed by atoms with Gasteiger partial charge in [0.15, 0.2) is 0 Å². The maximum Gasteiger partial charge on any atom is 0.309 e. The molecule has 7 nitrogen and oxygen atoms in total. The summed E-state index contributed by atoms with van der Waals surface area (Å²) in [6.07, 6.45) is 3.78. The predicted molar refractivity (Wildman–Crippen MR) is 84.3 cm³/mol. The van der Waals surface area contributed by atoms with Crippen LogP contribution in [-0.2, 0) is 19.1 Å². The summed E-state index contributed by atoms with van der Waals surface area (Å²) >= 11 is 0. The van der Waals surface area contributed by atoms with Crippen LogP contribution in [0.1, 0.15) is 33.6 Å². The number of carbonyl (C=O) groups is 3. The minimum absolute atomic E-state index is 0.153. The van der Waals surface area contributed by atoms with E-state index in [4.69, 9.17) is 9.84 Å². The fraction of sp³-hybridized carbons (Fsp3) is 0.688. The average Bonchev–Trinajstić information content (AvgIpc) is 2.50. The van der Waals surface area contributed by atoms with Crippen LogP contribution in [0.15, 0.2) is 12.2 Å². The number of esters is 1. The van der Waals surface area contributed by atoms with Crippen LogP contribution < -0.4 is 10.6 Å². The molecule has 1 aliphatic heterocycles. The second kappa shape index (κ2) is 9.29. The van der Waals surface area contributed by atoms with Crippen molar-refractivity contribution in [1.82, 2.24) is 10.6 Å². The highest BCUT2D eigenvalue weighted by molar-refractivity contribution is 6.00. The normalized spacial score (nSPS) is 27.9. The van der Waals surface area contributed by atoms with Crippen molar-refractivity contribution < 1.29 is 24.2 Å². The number of hydrogen-bond donors (Lipinski definition) is 3. The van der Waals surface area contributed by atoms with E-state index in [2.05, 4.69) is 10.6 Å². The van der Waals surface area contributed by atoms with Gasteiger partial charge in [0.05, 0.1) is 19.1 Å². The molecular weight excluding hydrogens is 300 g/mol. The van der Waals surface area contributed by atoms with Crippen LogP contribution in [0.2, 0.25) is 0 Å². The lowest BCUT2D eigenvalue weighted by Crippen LogP contribution is -2.46. The highest BCUT2D eigenvalue weighted by Gasteiger charge is 2.27. The van der Waals surface area contributed by atoms with Crippen molar-refractivity contribution in [2.45, 2.75) is 45.8 Å². The minimum atomic E-state index is -0.877. The molecule has 3 N–H and O–H groups in total. The number of amides is 2. The molecule has 7 heteroatoms.